The van der Waals surface area contributed by atoms with E-state index in [4.69, 9.17) is 114 Å². The van der Waals surface area contributed by atoms with Gasteiger partial charge in [-0.2, -0.15) is 0 Å². The summed E-state index contributed by atoms with van der Waals surface area (Å²) in [6, 6.07) is 0. The monoisotopic (exact) mass is 1430 g/mol. The predicted octanol–water partition coefficient (Wildman–Crippen LogP) is -6.30. The number of phosphoric acid groups is 3. The molecule has 1 saturated carbocycles. The molecule has 93 heavy (non-hydrogen) atoms. The van der Waals surface area contributed by atoms with Crippen LogP contribution in [0.3, 0.4) is 0 Å². The van der Waals surface area contributed by atoms with Gasteiger partial charge in [-0.05, 0) is 0 Å². The van der Waals surface area contributed by atoms with E-state index in [1.165, 1.54) is 0 Å². The number of hydrogen-bond acceptors (Lipinski definition) is 38. The van der Waals surface area contributed by atoms with Crippen molar-refractivity contribution >= 4 is 23.5 Å². The molecule has 3 unspecified atom stereocenters. The highest BCUT2D eigenvalue weighted by atomic mass is 31.2. The van der Waals surface area contributed by atoms with E-state index in [1.54, 1.807) is 14.2 Å². The zero-order valence-corrected chi connectivity index (χ0v) is 56.1. The predicted molar refractivity (Wildman–Crippen MR) is 302 cm³/mol. The van der Waals surface area contributed by atoms with Crippen LogP contribution in [0.2, 0.25) is 0 Å². The molecule has 0 amide bonds. The highest BCUT2D eigenvalue weighted by molar-refractivity contribution is 7.43. The van der Waals surface area contributed by atoms with E-state index in [9.17, 15) is 48.3 Å². The van der Waals surface area contributed by atoms with E-state index >= 15 is 0 Å². The fourth-order valence-corrected chi connectivity index (χ4v) is 8.97. The van der Waals surface area contributed by atoms with Gasteiger partial charge in [0.1, 0.15) is 36.6 Å². The van der Waals surface area contributed by atoms with Gasteiger partial charge in [-0.15, -0.1) is 0 Å². The van der Waals surface area contributed by atoms with Crippen molar-refractivity contribution in [2.24, 2.45) is 0 Å². The van der Waals surface area contributed by atoms with Gasteiger partial charge in [-0.3, -0.25) is 0 Å². The second-order valence-corrected chi connectivity index (χ2v) is 21.8. The summed E-state index contributed by atoms with van der Waals surface area (Å²) in [5.74, 6) is 0. The summed E-state index contributed by atoms with van der Waals surface area (Å²) in [5, 5.41) is 12.1. The summed E-state index contributed by atoms with van der Waals surface area (Å²) >= 11 is 0. The maximum absolute atomic E-state index is 12.1. The minimum Gasteiger partial charge on any atom is -0.790 e. The fraction of sp³-hybridized carbons (Fsp3) is 1.00. The first-order valence-corrected chi connectivity index (χ1v) is 34.7. The first-order chi connectivity index (χ1) is 45.1. The zero-order valence-electron chi connectivity index (χ0n) is 53.4. The van der Waals surface area contributed by atoms with Crippen LogP contribution in [-0.4, -0.2) is 342 Å². The van der Waals surface area contributed by atoms with Crippen molar-refractivity contribution in [1.29, 1.82) is 0 Å². The van der Waals surface area contributed by atoms with Gasteiger partial charge >= 0.3 is 0 Å². The van der Waals surface area contributed by atoms with Crippen LogP contribution in [0, 0.1) is 0 Å². The Labute approximate surface area is 544 Å². The SMILES string of the molecule is COCCOCCOCCOCCOCCOCCOCCOCCOCCOCCOCCOC1C(OP(=O)([O-])[O-])[C@H](OP(=O)([O-])[O-])[C@H](O[O-])C(OCCOCCOCCOCCOCCOCCOCCOCCOCCOCCOCCOC)[C@@H]1OP(=O)([O-])[O-]. The lowest BCUT2D eigenvalue weighted by atomic mass is 9.84. The van der Waals surface area contributed by atoms with E-state index in [0.717, 1.165) is 0 Å². The Morgan fingerprint density at radius 2 is 0.333 bits per heavy atom. The molecule has 0 spiro atoms. The molecule has 1 aliphatic rings. The Hall–Kier alpha value is -0.710. The fourth-order valence-electron chi connectivity index (χ4n) is 7.35. The Kier molecular flexibility index (Phi) is 62.8. The molecule has 0 heterocycles. The molecule has 1 fully saturated rings. The van der Waals surface area contributed by atoms with Crippen LogP contribution in [0.15, 0.2) is 0 Å². The molecule has 0 aromatic heterocycles. The molecular weight excluding hydrogens is 1330 g/mol. The van der Waals surface area contributed by atoms with Gasteiger partial charge in [0.05, 0.1) is 314 Å². The average molecular weight is 1430 g/mol. The summed E-state index contributed by atoms with van der Waals surface area (Å²) in [5.41, 5.74) is 0. The van der Waals surface area contributed by atoms with Gasteiger partial charge in [-0.25, -0.2) is 0 Å². The maximum atomic E-state index is 12.1. The standard InChI is InChI=1S/C52H107O38P3/c1-63-3-5-65-7-9-67-11-13-69-15-17-71-19-21-73-23-25-75-27-29-77-31-33-79-35-37-81-39-41-83-43-45-85-47-49(87-53)52(90-93(60,61)62)51(89-92(57,58)59)48(50(47)88-91(54,55)56)86-46-44-84-42-40-82-38-36-80-34-32-78-30-28-76-26-24-74-22-20-72-18-16-70-14-12-68-10-8-66-6-4-64-2/h47-53H,3-46H2,1-2H3,(H2,54,55,56)(H2,57,58,59)(H2,60,61,62)/p-7/t47?,48?,49-,50+,51?,52-/m1/s1. The molecular formula is C52H100O38P3-7. The normalized spacial score (nSPS) is 18.2. The Bertz CT molecular complexity index is 1730. The quantitative estimate of drug-likeness (QED) is 0.0237. The molecule has 0 aromatic rings. The lowest BCUT2D eigenvalue weighted by molar-refractivity contribution is -0.710. The van der Waals surface area contributed by atoms with E-state index in [2.05, 4.69) is 18.5 Å². The van der Waals surface area contributed by atoms with Crippen molar-refractivity contribution in [1.82, 2.24) is 0 Å². The van der Waals surface area contributed by atoms with E-state index in [-0.39, 0.29) is 79.3 Å². The second-order valence-electron chi connectivity index (χ2n) is 18.5. The molecule has 0 N–H and O–H groups in total. The molecule has 558 valence electrons. The molecule has 0 aromatic carbocycles. The third-order valence-corrected chi connectivity index (χ3v) is 12.9. The van der Waals surface area contributed by atoms with Crippen LogP contribution in [-0.2, 0) is 146 Å². The second kappa shape index (κ2) is 64.7. The van der Waals surface area contributed by atoms with Crippen LogP contribution in [0.1, 0.15) is 0 Å². The van der Waals surface area contributed by atoms with Gasteiger partial charge in [0, 0.05) is 14.2 Å². The van der Waals surface area contributed by atoms with Crippen molar-refractivity contribution in [3.8, 4) is 0 Å². The summed E-state index contributed by atoms with van der Waals surface area (Å²) in [4.78, 5) is 75.5. The van der Waals surface area contributed by atoms with Crippen molar-refractivity contribution in [3.63, 3.8) is 0 Å². The molecule has 41 heteroatoms. The third-order valence-electron chi connectivity index (χ3n) is 11.4. The molecule has 6 atom stereocenters. The number of ether oxygens (including phenoxy) is 24. The molecule has 1 rings (SSSR count). The molecule has 0 radical (unpaired) electrons. The minimum absolute atomic E-state index is 0.0223. The largest absolute Gasteiger partial charge is 0.790 e. The summed E-state index contributed by atoms with van der Waals surface area (Å²) < 4.78 is 179. The molecule has 0 aliphatic heterocycles. The van der Waals surface area contributed by atoms with E-state index < -0.39 is 73.3 Å². The minimum atomic E-state index is -6.24. The number of hydrogen-bond donors (Lipinski definition) is 0. The number of rotatable bonds is 75. The van der Waals surface area contributed by atoms with Gasteiger partial charge in [0.15, 0.2) is 0 Å². The van der Waals surface area contributed by atoms with Crippen LogP contribution in [0.5, 0.6) is 0 Å². The van der Waals surface area contributed by atoms with Gasteiger partial charge < -0.3 is 180 Å². The number of methoxy groups -OCH3 is 2. The third kappa shape index (κ3) is 59.8. The van der Waals surface area contributed by atoms with Gasteiger partial charge in [0.25, 0.3) is 0 Å². The Morgan fingerprint density at radius 1 is 0.204 bits per heavy atom. The van der Waals surface area contributed by atoms with Gasteiger partial charge in [-0.1, -0.05) is 0 Å². The first-order valence-electron chi connectivity index (χ1n) is 30.3. The van der Waals surface area contributed by atoms with E-state index in [1.807, 2.05) is 0 Å². The molecule has 1 aliphatic carbocycles. The van der Waals surface area contributed by atoms with Crippen LogP contribution < -0.4 is 34.6 Å². The summed E-state index contributed by atoms with van der Waals surface area (Å²) in [6.45, 7) is 12.2. The van der Waals surface area contributed by atoms with Gasteiger partial charge in [0.2, 0.25) is 0 Å². The first kappa shape index (κ1) is 90.3. The highest BCUT2D eigenvalue weighted by Gasteiger charge is 2.55. The summed E-state index contributed by atoms with van der Waals surface area (Å²) in [7, 11) is -15.4. The molecule has 38 nitrogen and oxygen atoms in total. The molecule has 0 saturated heterocycles. The lowest BCUT2D eigenvalue weighted by Crippen LogP contribution is -2.68. The maximum Gasteiger partial charge on any atom is 0.121 e. The van der Waals surface area contributed by atoms with Crippen molar-refractivity contribution in [2.45, 2.75) is 36.6 Å². The lowest BCUT2D eigenvalue weighted by Gasteiger charge is -2.54. The van der Waals surface area contributed by atoms with Crippen molar-refractivity contribution in [3.05, 3.63) is 0 Å². The Balaban J connectivity index is 2.28. The average Bonchev–Trinajstić information content (AvgIpc) is 0.763. The number of phosphoric ester groups is 3. The Morgan fingerprint density at radius 3 is 0.484 bits per heavy atom. The zero-order chi connectivity index (χ0) is 67.9. The van der Waals surface area contributed by atoms with Crippen LogP contribution >= 0.6 is 23.5 Å². The highest BCUT2D eigenvalue weighted by Crippen LogP contribution is 2.45. The summed E-state index contributed by atoms with van der Waals surface area (Å²) in [6.07, 6.45) is -14.7. The van der Waals surface area contributed by atoms with Crippen molar-refractivity contribution < 1.29 is 180 Å². The topological polar surface area (TPSA) is 471 Å². The van der Waals surface area contributed by atoms with Crippen LogP contribution in [0.25, 0.3) is 0 Å². The van der Waals surface area contributed by atoms with E-state index in [0.29, 0.717) is 198 Å². The van der Waals surface area contributed by atoms with Crippen molar-refractivity contribution in [2.75, 3.05) is 305 Å². The smallest absolute Gasteiger partial charge is 0.121 e. The molecule has 0 bridgehead atoms. The van der Waals surface area contributed by atoms with Crippen LogP contribution in [0.4, 0.5) is 0 Å².